The van der Waals surface area contributed by atoms with E-state index in [-0.39, 0.29) is 0 Å². The zero-order valence-electron chi connectivity index (χ0n) is 11.1. The second-order valence-electron chi connectivity index (χ2n) is 4.64. The Morgan fingerprint density at radius 1 is 1.26 bits per heavy atom. The Morgan fingerprint density at radius 2 is 2.16 bits per heavy atom. The van der Waals surface area contributed by atoms with E-state index in [1.165, 1.54) is 11.3 Å². The number of aryl methyl sites for hydroxylation is 1. The molecule has 0 saturated carbocycles. The van der Waals surface area contributed by atoms with Gasteiger partial charge in [-0.1, -0.05) is 6.07 Å². The second-order valence-corrected chi connectivity index (χ2v) is 4.64. The van der Waals surface area contributed by atoms with Crippen LogP contribution >= 0.6 is 0 Å². The maximum atomic E-state index is 4.32. The first-order valence-electron chi connectivity index (χ1n) is 6.30. The summed E-state index contributed by atoms with van der Waals surface area (Å²) in [6, 6.07) is 10.2. The molecule has 0 aliphatic carbocycles. The van der Waals surface area contributed by atoms with Crippen LogP contribution in [-0.4, -0.2) is 14.8 Å². The molecular formula is C15H16N4. The van der Waals surface area contributed by atoms with Crippen molar-refractivity contribution in [2.75, 3.05) is 5.32 Å². The summed E-state index contributed by atoms with van der Waals surface area (Å²) in [6.07, 6.45) is 3.72. The minimum Gasteiger partial charge on any atom is -0.381 e. The molecule has 3 aromatic rings. The Morgan fingerprint density at radius 3 is 2.95 bits per heavy atom. The molecule has 1 aromatic carbocycles. The van der Waals surface area contributed by atoms with Crippen LogP contribution in [0, 0.1) is 6.92 Å². The molecule has 96 valence electrons. The molecule has 0 bridgehead atoms. The summed E-state index contributed by atoms with van der Waals surface area (Å²) in [7, 11) is 1.96. The highest BCUT2D eigenvalue weighted by Crippen LogP contribution is 2.18. The highest BCUT2D eigenvalue weighted by atomic mass is 15.3. The lowest BCUT2D eigenvalue weighted by atomic mass is 10.2. The van der Waals surface area contributed by atoms with Crippen molar-refractivity contribution in [2.24, 2.45) is 7.05 Å². The predicted molar refractivity (Wildman–Crippen MR) is 77.0 cm³/mol. The Balaban J connectivity index is 1.80. The normalized spacial score (nSPS) is 10.8. The van der Waals surface area contributed by atoms with Gasteiger partial charge in [0, 0.05) is 42.1 Å². The molecule has 19 heavy (non-hydrogen) atoms. The number of hydrogen-bond donors (Lipinski definition) is 1. The molecule has 2 aromatic heterocycles. The monoisotopic (exact) mass is 252 g/mol. The van der Waals surface area contributed by atoms with Crippen LogP contribution < -0.4 is 5.32 Å². The van der Waals surface area contributed by atoms with Crippen LogP contribution in [0.1, 0.15) is 11.3 Å². The van der Waals surface area contributed by atoms with Crippen LogP contribution in [0.5, 0.6) is 0 Å². The molecule has 0 saturated heterocycles. The summed E-state index contributed by atoms with van der Waals surface area (Å²) in [5.41, 5.74) is 4.53. The molecule has 0 spiro atoms. The van der Waals surface area contributed by atoms with Crippen LogP contribution in [0.25, 0.3) is 10.9 Å². The van der Waals surface area contributed by atoms with E-state index in [0.29, 0.717) is 0 Å². The van der Waals surface area contributed by atoms with Crippen molar-refractivity contribution in [3.8, 4) is 0 Å². The van der Waals surface area contributed by atoms with Gasteiger partial charge in [0.2, 0.25) is 0 Å². The van der Waals surface area contributed by atoms with Crippen molar-refractivity contribution >= 4 is 16.6 Å². The number of nitrogens with zero attached hydrogens (tertiary/aromatic N) is 3. The first-order valence-corrected chi connectivity index (χ1v) is 6.30. The van der Waals surface area contributed by atoms with E-state index in [0.717, 1.165) is 23.1 Å². The van der Waals surface area contributed by atoms with Gasteiger partial charge in [0.1, 0.15) is 0 Å². The largest absolute Gasteiger partial charge is 0.381 e. The lowest BCUT2D eigenvalue weighted by Gasteiger charge is -2.07. The molecule has 0 atom stereocenters. The molecule has 4 nitrogen and oxygen atoms in total. The summed E-state index contributed by atoms with van der Waals surface area (Å²) in [4.78, 5) is 4.32. The van der Waals surface area contributed by atoms with Gasteiger partial charge in [-0.05, 0) is 31.2 Å². The van der Waals surface area contributed by atoms with Gasteiger partial charge in [0.25, 0.3) is 0 Å². The van der Waals surface area contributed by atoms with Gasteiger partial charge in [0.05, 0.1) is 11.7 Å². The summed E-state index contributed by atoms with van der Waals surface area (Å²) in [6.45, 7) is 2.86. The van der Waals surface area contributed by atoms with Crippen molar-refractivity contribution in [2.45, 2.75) is 13.5 Å². The van der Waals surface area contributed by atoms with E-state index in [1.54, 1.807) is 0 Å². The average molecular weight is 252 g/mol. The van der Waals surface area contributed by atoms with Crippen molar-refractivity contribution in [1.29, 1.82) is 0 Å². The molecule has 3 rings (SSSR count). The summed E-state index contributed by atoms with van der Waals surface area (Å²) in [5.74, 6) is 0. The summed E-state index contributed by atoms with van der Waals surface area (Å²) in [5, 5.41) is 8.82. The minimum atomic E-state index is 0.783. The minimum absolute atomic E-state index is 0.783. The molecule has 0 unspecified atom stereocenters. The Labute approximate surface area is 112 Å². The van der Waals surface area contributed by atoms with Gasteiger partial charge in [-0.15, -0.1) is 0 Å². The van der Waals surface area contributed by atoms with Crippen molar-refractivity contribution in [1.82, 2.24) is 14.8 Å². The highest BCUT2D eigenvalue weighted by molar-refractivity contribution is 5.82. The number of pyridine rings is 1. The fourth-order valence-corrected chi connectivity index (χ4v) is 2.10. The Kier molecular flexibility index (Phi) is 2.91. The smallest absolute Gasteiger partial charge is 0.0703 e. The van der Waals surface area contributed by atoms with Crippen LogP contribution in [-0.2, 0) is 13.6 Å². The molecular weight excluding hydrogens is 236 g/mol. The number of fused-ring (bicyclic) bond motifs is 1. The third-order valence-electron chi connectivity index (χ3n) is 3.42. The van der Waals surface area contributed by atoms with Crippen LogP contribution in [0.2, 0.25) is 0 Å². The van der Waals surface area contributed by atoms with Crippen molar-refractivity contribution < 1.29 is 0 Å². The molecule has 0 aliphatic heterocycles. The van der Waals surface area contributed by atoms with Gasteiger partial charge in [0.15, 0.2) is 0 Å². The van der Waals surface area contributed by atoms with E-state index < -0.39 is 0 Å². The predicted octanol–water partition coefficient (Wildman–Crippen LogP) is 2.89. The molecule has 2 heterocycles. The van der Waals surface area contributed by atoms with Gasteiger partial charge < -0.3 is 5.32 Å². The van der Waals surface area contributed by atoms with Gasteiger partial charge in [-0.2, -0.15) is 5.10 Å². The molecule has 0 radical (unpaired) electrons. The van der Waals surface area contributed by atoms with Crippen LogP contribution in [0.3, 0.4) is 0 Å². The first-order chi connectivity index (χ1) is 9.24. The molecule has 4 heteroatoms. The molecule has 0 aliphatic rings. The quantitative estimate of drug-likeness (QED) is 0.779. The highest BCUT2D eigenvalue weighted by Gasteiger charge is 2.03. The summed E-state index contributed by atoms with van der Waals surface area (Å²) < 4.78 is 1.89. The number of anilines is 1. The zero-order chi connectivity index (χ0) is 13.2. The zero-order valence-corrected chi connectivity index (χ0v) is 11.1. The van der Waals surface area contributed by atoms with E-state index in [9.17, 15) is 0 Å². The van der Waals surface area contributed by atoms with E-state index >= 15 is 0 Å². The molecule has 0 amide bonds. The Hall–Kier alpha value is -2.36. The van der Waals surface area contributed by atoms with E-state index in [1.807, 2.05) is 36.3 Å². The average Bonchev–Trinajstić information content (AvgIpc) is 2.76. The van der Waals surface area contributed by atoms with Gasteiger partial charge in [-0.3, -0.25) is 9.67 Å². The number of rotatable bonds is 3. The SMILES string of the molecule is Cc1c(CNc2ccc3ncccc3c2)cnn1C. The number of hydrogen-bond acceptors (Lipinski definition) is 3. The number of aromatic nitrogens is 3. The maximum Gasteiger partial charge on any atom is 0.0703 e. The third-order valence-corrected chi connectivity index (χ3v) is 3.42. The fourth-order valence-electron chi connectivity index (χ4n) is 2.10. The fraction of sp³-hybridized carbons (Fsp3) is 0.200. The van der Waals surface area contributed by atoms with E-state index in [2.05, 4.69) is 40.5 Å². The first kappa shape index (κ1) is 11.7. The number of benzene rings is 1. The molecule has 1 N–H and O–H groups in total. The van der Waals surface area contributed by atoms with Crippen molar-refractivity contribution in [3.05, 3.63) is 54.0 Å². The van der Waals surface area contributed by atoms with Gasteiger partial charge in [-0.25, -0.2) is 0 Å². The maximum absolute atomic E-state index is 4.32. The van der Waals surface area contributed by atoms with Crippen LogP contribution in [0.15, 0.2) is 42.7 Å². The van der Waals surface area contributed by atoms with Crippen LogP contribution in [0.4, 0.5) is 5.69 Å². The van der Waals surface area contributed by atoms with Gasteiger partial charge >= 0.3 is 0 Å². The Bertz CT molecular complexity index is 715. The third kappa shape index (κ3) is 2.29. The lowest BCUT2D eigenvalue weighted by molar-refractivity contribution is 0.738. The molecule has 0 fully saturated rings. The topological polar surface area (TPSA) is 42.7 Å². The standard InChI is InChI=1S/C15H16N4/c1-11-13(10-18-19(11)2)9-17-14-5-6-15-12(8-14)4-3-7-16-15/h3-8,10,17H,9H2,1-2H3. The number of nitrogens with one attached hydrogen (secondary N) is 1. The lowest BCUT2D eigenvalue weighted by Crippen LogP contribution is -2.01. The second kappa shape index (κ2) is 4.72. The summed E-state index contributed by atoms with van der Waals surface area (Å²) >= 11 is 0. The van der Waals surface area contributed by atoms with Crippen molar-refractivity contribution in [3.63, 3.8) is 0 Å². The van der Waals surface area contributed by atoms with E-state index in [4.69, 9.17) is 0 Å².